The van der Waals surface area contributed by atoms with E-state index in [0.717, 1.165) is 13.0 Å². The Hall–Kier alpha value is 0.137. The Morgan fingerprint density at radius 2 is 2.25 bits per heavy atom. The van der Waals surface area contributed by atoms with Gasteiger partial charge >= 0.3 is 0 Å². The first-order chi connectivity index (χ1) is 3.91. The van der Waals surface area contributed by atoms with Crippen LogP contribution in [0.2, 0.25) is 6.55 Å². The van der Waals surface area contributed by atoms with Crippen molar-refractivity contribution in [1.82, 2.24) is 0 Å². The Balaban J connectivity index is 2.53. The van der Waals surface area contributed by atoms with Gasteiger partial charge in [-0.15, -0.1) is 0 Å². The summed E-state index contributed by atoms with van der Waals surface area (Å²) in [7, 11) is -0.336. The zero-order chi connectivity index (χ0) is 6.24. The molecule has 0 aliphatic heterocycles. The number of unbranched alkanes of at least 4 members (excludes halogenated alkanes) is 1. The second-order valence-electron chi connectivity index (χ2n) is 1.58. The minimum absolute atomic E-state index is 0.336. The molecule has 0 fully saturated rings. The normalized spacial score (nSPS) is 11.2. The lowest BCUT2D eigenvalue weighted by Gasteiger charge is -1.98. The fourth-order valence-corrected chi connectivity index (χ4v) is 0.630. The molecule has 0 aliphatic carbocycles. The van der Waals surface area contributed by atoms with Gasteiger partial charge in [0.15, 0.2) is 0 Å². The summed E-state index contributed by atoms with van der Waals surface area (Å²) in [5, 5.41) is 0. The molecule has 0 bridgehead atoms. The monoisotopic (exact) mass is 134 g/mol. The lowest BCUT2D eigenvalue weighted by atomic mass is 10.4. The van der Waals surface area contributed by atoms with Gasteiger partial charge in [0, 0.05) is 0 Å². The Labute approximate surface area is 53.1 Å². The third-order valence-electron chi connectivity index (χ3n) is 0.782. The van der Waals surface area contributed by atoms with Crippen LogP contribution in [-0.4, -0.2) is 16.4 Å². The molecule has 2 nitrogen and oxygen atoms in total. The highest BCUT2D eigenvalue weighted by Gasteiger charge is 1.82. The standard InChI is InChI=1S/C5H14O2Si/c1-3-4-5-6-7-8-2/h3-5,8H2,1-2H3. The van der Waals surface area contributed by atoms with E-state index in [2.05, 4.69) is 6.92 Å². The highest BCUT2D eigenvalue weighted by molar-refractivity contribution is 6.24. The van der Waals surface area contributed by atoms with Crippen molar-refractivity contribution in [2.75, 3.05) is 6.61 Å². The van der Waals surface area contributed by atoms with Gasteiger partial charge in [-0.05, 0) is 13.0 Å². The molecule has 0 radical (unpaired) electrons. The van der Waals surface area contributed by atoms with Gasteiger partial charge in [-0.25, -0.2) is 4.89 Å². The van der Waals surface area contributed by atoms with Crippen LogP contribution in [0.4, 0.5) is 0 Å². The maximum Gasteiger partial charge on any atom is 0.205 e. The molecular formula is C5H14O2Si. The molecule has 0 aliphatic rings. The van der Waals surface area contributed by atoms with E-state index in [1.165, 1.54) is 6.42 Å². The van der Waals surface area contributed by atoms with E-state index in [-0.39, 0.29) is 9.76 Å². The molecule has 0 unspecified atom stereocenters. The molecular weight excluding hydrogens is 120 g/mol. The summed E-state index contributed by atoms with van der Waals surface area (Å²) in [6, 6.07) is 0. The van der Waals surface area contributed by atoms with Crippen LogP contribution in [0.1, 0.15) is 19.8 Å². The van der Waals surface area contributed by atoms with Gasteiger partial charge in [0.2, 0.25) is 9.76 Å². The van der Waals surface area contributed by atoms with Crippen molar-refractivity contribution in [3.05, 3.63) is 0 Å². The van der Waals surface area contributed by atoms with Gasteiger partial charge in [-0.1, -0.05) is 13.3 Å². The van der Waals surface area contributed by atoms with Crippen LogP contribution in [0.25, 0.3) is 0 Å². The molecule has 0 amide bonds. The van der Waals surface area contributed by atoms with Gasteiger partial charge in [-0.2, -0.15) is 0 Å². The smallest absolute Gasteiger partial charge is 0.205 e. The van der Waals surface area contributed by atoms with Crippen LogP contribution in [0.3, 0.4) is 0 Å². The quantitative estimate of drug-likeness (QED) is 0.240. The van der Waals surface area contributed by atoms with Crippen molar-refractivity contribution in [1.29, 1.82) is 0 Å². The molecule has 3 heteroatoms. The second kappa shape index (κ2) is 7.14. The molecule has 0 aromatic heterocycles. The molecule has 0 heterocycles. The van der Waals surface area contributed by atoms with E-state index in [4.69, 9.17) is 9.46 Å². The Morgan fingerprint density at radius 3 is 2.75 bits per heavy atom. The summed E-state index contributed by atoms with van der Waals surface area (Å²) in [4.78, 5) is 4.78. The molecule has 0 N–H and O–H groups in total. The van der Waals surface area contributed by atoms with E-state index >= 15 is 0 Å². The third-order valence-corrected chi connectivity index (χ3v) is 1.18. The highest BCUT2D eigenvalue weighted by atomic mass is 28.2. The van der Waals surface area contributed by atoms with Crippen LogP contribution >= 0.6 is 0 Å². The average Bonchev–Trinajstić information content (AvgIpc) is 1.81. The molecule has 0 saturated carbocycles. The second-order valence-corrected chi connectivity index (χ2v) is 2.40. The summed E-state index contributed by atoms with van der Waals surface area (Å²) >= 11 is 0. The summed E-state index contributed by atoms with van der Waals surface area (Å²) < 4.78 is 4.77. The zero-order valence-corrected chi connectivity index (χ0v) is 7.06. The lowest BCUT2D eigenvalue weighted by Crippen LogP contribution is -1.97. The number of hydrogen-bond acceptors (Lipinski definition) is 2. The third kappa shape index (κ3) is 6.14. The summed E-state index contributed by atoms with van der Waals surface area (Å²) in [5.41, 5.74) is 0. The highest BCUT2D eigenvalue weighted by Crippen LogP contribution is 1.86. The topological polar surface area (TPSA) is 18.5 Å². The predicted octanol–water partition coefficient (Wildman–Crippen LogP) is 0.867. The van der Waals surface area contributed by atoms with Gasteiger partial charge in [0.25, 0.3) is 0 Å². The summed E-state index contributed by atoms with van der Waals surface area (Å²) in [6.45, 7) is 4.94. The summed E-state index contributed by atoms with van der Waals surface area (Å²) in [6.07, 6.45) is 2.28. The minimum Gasteiger partial charge on any atom is -0.295 e. The largest absolute Gasteiger partial charge is 0.295 e. The first-order valence-electron chi connectivity index (χ1n) is 3.16. The molecule has 50 valence electrons. The molecule has 0 aromatic carbocycles. The molecule has 0 spiro atoms. The number of hydrogen-bond donors (Lipinski definition) is 0. The van der Waals surface area contributed by atoms with Crippen LogP contribution in [0.15, 0.2) is 0 Å². The fourth-order valence-electron chi connectivity index (χ4n) is 0.346. The van der Waals surface area contributed by atoms with E-state index in [1.807, 2.05) is 6.55 Å². The molecule has 0 atom stereocenters. The van der Waals surface area contributed by atoms with E-state index in [1.54, 1.807) is 0 Å². The van der Waals surface area contributed by atoms with Crippen LogP contribution < -0.4 is 0 Å². The van der Waals surface area contributed by atoms with Gasteiger partial charge in [0.05, 0.1) is 6.61 Å². The lowest BCUT2D eigenvalue weighted by molar-refractivity contribution is -0.208. The Kier molecular flexibility index (Phi) is 7.26. The van der Waals surface area contributed by atoms with Gasteiger partial charge in [-0.3, -0.25) is 4.58 Å². The Morgan fingerprint density at radius 1 is 1.50 bits per heavy atom. The van der Waals surface area contributed by atoms with Crippen molar-refractivity contribution < 1.29 is 9.46 Å². The summed E-state index contributed by atoms with van der Waals surface area (Å²) in [5.74, 6) is 0. The van der Waals surface area contributed by atoms with Crippen molar-refractivity contribution in [3.63, 3.8) is 0 Å². The first kappa shape index (κ1) is 8.14. The SMILES string of the molecule is CCCCOO[SiH2]C. The maximum absolute atomic E-state index is 4.78. The van der Waals surface area contributed by atoms with E-state index in [9.17, 15) is 0 Å². The first-order valence-corrected chi connectivity index (χ1v) is 5.15. The van der Waals surface area contributed by atoms with E-state index in [0.29, 0.717) is 0 Å². The average molecular weight is 134 g/mol. The Bertz CT molecular complexity index is 35.4. The molecule has 0 saturated heterocycles. The van der Waals surface area contributed by atoms with Crippen LogP contribution in [0, 0.1) is 0 Å². The maximum atomic E-state index is 4.78. The van der Waals surface area contributed by atoms with Crippen molar-refractivity contribution in [2.45, 2.75) is 26.3 Å². The molecule has 0 rings (SSSR count). The molecule has 8 heavy (non-hydrogen) atoms. The fraction of sp³-hybridized carbons (Fsp3) is 1.00. The molecule has 0 aromatic rings. The van der Waals surface area contributed by atoms with Crippen molar-refractivity contribution in [3.8, 4) is 0 Å². The van der Waals surface area contributed by atoms with Crippen molar-refractivity contribution in [2.24, 2.45) is 0 Å². The number of rotatable bonds is 5. The van der Waals surface area contributed by atoms with Crippen LogP contribution in [-0.2, 0) is 9.46 Å². The zero-order valence-electron chi connectivity index (χ0n) is 5.64. The van der Waals surface area contributed by atoms with Gasteiger partial charge < -0.3 is 0 Å². The predicted molar refractivity (Wildman–Crippen MR) is 36.4 cm³/mol. The van der Waals surface area contributed by atoms with Crippen LogP contribution in [0.5, 0.6) is 0 Å². The minimum atomic E-state index is -0.336. The van der Waals surface area contributed by atoms with E-state index < -0.39 is 0 Å². The van der Waals surface area contributed by atoms with Crippen molar-refractivity contribution >= 4 is 9.76 Å². The van der Waals surface area contributed by atoms with Gasteiger partial charge in [0.1, 0.15) is 0 Å².